The Bertz CT molecular complexity index is 646. The summed E-state index contributed by atoms with van der Waals surface area (Å²) in [4.78, 5) is 51.0. The van der Waals surface area contributed by atoms with Gasteiger partial charge in [0.2, 0.25) is 5.91 Å². The van der Waals surface area contributed by atoms with E-state index >= 15 is 0 Å². The first kappa shape index (κ1) is 25.9. The summed E-state index contributed by atoms with van der Waals surface area (Å²) in [7, 11) is 2.74. The Labute approximate surface area is 178 Å². The van der Waals surface area contributed by atoms with Crippen LogP contribution >= 0.6 is 0 Å². The number of aldehydes is 1. The van der Waals surface area contributed by atoms with Crippen molar-refractivity contribution in [3.8, 4) is 0 Å². The number of hydrogen-bond donors (Lipinski definition) is 1. The van der Waals surface area contributed by atoms with Gasteiger partial charge < -0.3 is 24.3 Å². The lowest BCUT2D eigenvalue weighted by Gasteiger charge is -2.44. The predicted molar refractivity (Wildman–Crippen MR) is 110 cm³/mol. The first-order chi connectivity index (χ1) is 13.8. The molecule has 5 atom stereocenters. The number of likely N-dealkylation sites (tertiary alicyclic amines) is 1. The van der Waals surface area contributed by atoms with Crippen molar-refractivity contribution < 1.29 is 33.4 Å². The number of carbonyl (C=O) groups excluding carboxylic acids is 4. The fourth-order valence-corrected chi connectivity index (χ4v) is 4.08. The maximum atomic E-state index is 13.2. The first-order valence-electron chi connectivity index (χ1n) is 10.2. The third kappa shape index (κ3) is 5.93. The van der Waals surface area contributed by atoms with E-state index < -0.39 is 47.3 Å². The third-order valence-corrected chi connectivity index (χ3v) is 5.41. The Balaban J connectivity index is 3.59. The number of esters is 1. The van der Waals surface area contributed by atoms with E-state index in [0.29, 0.717) is 12.7 Å². The van der Waals surface area contributed by atoms with Crippen molar-refractivity contribution in [1.82, 2.24) is 10.2 Å². The normalized spacial score (nSPS) is 24.5. The minimum atomic E-state index is -1.01. The Morgan fingerprint density at radius 2 is 1.80 bits per heavy atom. The highest BCUT2D eigenvalue weighted by Crippen LogP contribution is 2.38. The Kier molecular flexibility index (Phi) is 8.83. The average molecular weight is 429 g/mol. The lowest BCUT2D eigenvalue weighted by molar-refractivity contribution is -0.147. The largest absolute Gasteiger partial charge is 0.467 e. The van der Waals surface area contributed by atoms with Gasteiger partial charge in [-0.1, -0.05) is 13.3 Å². The number of amides is 2. The summed E-state index contributed by atoms with van der Waals surface area (Å²) in [5.74, 6) is -1.70. The van der Waals surface area contributed by atoms with Gasteiger partial charge in [0.1, 0.15) is 17.9 Å². The molecule has 2 amide bonds. The molecule has 0 aromatic carbocycles. The van der Waals surface area contributed by atoms with Crippen LogP contribution < -0.4 is 5.32 Å². The molecule has 1 saturated heterocycles. The van der Waals surface area contributed by atoms with Crippen LogP contribution in [0.2, 0.25) is 0 Å². The van der Waals surface area contributed by atoms with E-state index in [1.54, 1.807) is 20.8 Å². The monoisotopic (exact) mass is 428 g/mol. The van der Waals surface area contributed by atoms with E-state index in [0.717, 1.165) is 6.42 Å². The molecule has 0 spiro atoms. The maximum Gasteiger partial charge on any atom is 0.411 e. The molecule has 1 fully saturated rings. The molecule has 1 heterocycles. The highest BCUT2D eigenvalue weighted by Gasteiger charge is 2.56. The highest BCUT2D eigenvalue weighted by atomic mass is 16.6. The molecular formula is C21H36N2O7. The average Bonchev–Trinajstić information content (AvgIpc) is 3.03. The molecule has 0 aromatic heterocycles. The van der Waals surface area contributed by atoms with Crippen molar-refractivity contribution in [2.24, 2.45) is 5.92 Å². The minimum absolute atomic E-state index is 0.0715. The van der Waals surface area contributed by atoms with Crippen LogP contribution in [0.5, 0.6) is 0 Å². The highest BCUT2D eigenvalue weighted by molar-refractivity contribution is 5.84. The number of methoxy groups -OCH3 is 2. The molecule has 0 aromatic rings. The molecule has 0 aliphatic carbocycles. The molecule has 1 unspecified atom stereocenters. The van der Waals surface area contributed by atoms with Crippen LogP contribution in [0.3, 0.4) is 0 Å². The van der Waals surface area contributed by atoms with E-state index in [1.807, 2.05) is 13.8 Å². The van der Waals surface area contributed by atoms with Gasteiger partial charge in [-0.3, -0.25) is 9.69 Å². The van der Waals surface area contributed by atoms with Gasteiger partial charge in [-0.15, -0.1) is 0 Å². The molecule has 1 N–H and O–H groups in total. The Morgan fingerprint density at radius 3 is 2.20 bits per heavy atom. The van der Waals surface area contributed by atoms with Gasteiger partial charge in [0, 0.05) is 20.0 Å². The van der Waals surface area contributed by atoms with E-state index in [-0.39, 0.29) is 12.3 Å². The number of carbonyl (C=O) groups is 4. The molecule has 0 bridgehead atoms. The molecule has 9 heteroatoms. The molecular weight excluding hydrogens is 392 g/mol. The van der Waals surface area contributed by atoms with Crippen LogP contribution in [-0.4, -0.2) is 72.7 Å². The van der Waals surface area contributed by atoms with Crippen molar-refractivity contribution in [2.75, 3.05) is 14.2 Å². The molecule has 1 aliphatic heterocycles. The fraction of sp³-hybridized carbons (Fsp3) is 0.810. The van der Waals surface area contributed by atoms with Crippen molar-refractivity contribution in [2.45, 2.75) is 90.1 Å². The number of nitrogens with zero attached hydrogens (tertiary/aromatic N) is 1. The summed E-state index contributed by atoms with van der Waals surface area (Å²) in [5.41, 5.74) is -1.71. The van der Waals surface area contributed by atoms with Crippen LogP contribution in [-0.2, 0) is 28.6 Å². The van der Waals surface area contributed by atoms with Gasteiger partial charge in [0.15, 0.2) is 0 Å². The van der Waals surface area contributed by atoms with Crippen LogP contribution in [0.15, 0.2) is 0 Å². The summed E-state index contributed by atoms with van der Waals surface area (Å²) >= 11 is 0. The number of rotatable bonds is 8. The van der Waals surface area contributed by atoms with Gasteiger partial charge in [0.25, 0.3) is 0 Å². The standard InChI is InChI=1S/C21H36N2O7/c1-9-10-21(6,29-8)17(22-13(2)25)16-14(12-24)11-15(18(26)28-7)23(16)19(27)30-20(3,4)5/h12,14-17H,9-11H2,1-8H3,(H,22,25)/t14-,15+,16+,17+,21?/m0/s1. The summed E-state index contributed by atoms with van der Waals surface area (Å²) in [6.07, 6.45) is 1.33. The zero-order valence-corrected chi connectivity index (χ0v) is 19.3. The lowest BCUT2D eigenvalue weighted by Crippen LogP contribution is -2.64. The van der Waals surface area contributed by atoms with Crippen molar-refractivity contribution in [3.63, 3.8) is 0 Å². The lowest BCUT2D eigenvalue weighted by atomic mass is 9.81. The molecule has 0 radical (unpaired) electrons. The second-order valence-corrected chi connectivity index (χ2v) is 8.90. The quantitative estimate of drug-likeness (QED) is 0.465. The zero-order chi connectivity index (χ0) is 23.3. The van der Waals surface area contributed by atoms with E-state index in [2.05, 4.69) is 5.32 Å². The van der Waals surface area contributed by atoms with Crippen LogP contribution in [0.1, 0.15) is 60.8 Å². The summed E-state index contributed by atoms with van der Waals surface area (Å²) < 4.78 is 16.2. The van der Waals surface area contributed by atoms with Crippen molar-refractivity contribution >= 4 is 24.3 Å². The van der Waals surface area contributed by atoms with Gasteiger partial charge in [0.05, 0.1) is 24.8 Å². The molecule has 9 nitrogen and oxygen atoms in total. The second-order valence-electron chi connectivity index (χ2n) is 8.90. The summed E-state index contributed by atoms with van der Waals surface area (Å²) in [6.45, 7) is 10.3. The van der Waals surface area contributed by atoms with Gasteiger partial charge in [-0.25, -0.2) is 9.59 Å². The minimum Gasteiger partial charge on any atom is -0.467 e. The number of ether oxygens (including phenoxy) is 3. The van der Waals surface area contributed by atoms with Crippen LogP contribution in [0.25, 0.3) is 0 Å². The Hall–Kier alpha value is -2.16. The maximum absolute atomic E-state index is 13.2. The molecule has 172 valence electrons. The molecule has 0 saturated carbocycles. The van der Waals surface area contributed by atoms with E-state index in [9.17, 15) is 19.2 Å². The summed E-state index contributed by atoms with van der Waals surface area (Å²) in [5, 5.41) is 2.86. The fourth-order valence-electron chi connectivity index (χ4n) is 4.08. The second kappa shape index (κ2) is 10.2. The number of nitrogens with one attached hydrogen (secondary N) is 1. The Morgan fingerprint density at radius 1 is 1.20 bits per heavy atom. The SMILES string of the molecule is CCCC(C)(OC)[C@H](NC(C)=O)[C@H]1[C@H](C=O)C[C@H](C(=O)OC)N1C(=O)OC(C)(C)C. The smallest absolute Gasteiger partial charge is 0.411 e. The third-order valence-electron chi connectivity index (χ3n) is 5.41. The van der Waals surface area contributed by atoms with Gasteiger partial charge in [-0.05, 0) is 40.5 Å². The molecule has 1 rings (SSSR count). The zero-order valence-electron chi connectivity index (χ0n) is 19.3. The van der Waals surface area contributed by atoms with Gasteiger partial charge >= 0.3 is 12.1 Å². The van der Waals surface area contributed by atoms with Crippen LogP contribution in [0, 0.1) is 5.92 Å². The molecule has 30 heavy (non-hydrogen) atoms. The predicted octanol–water partition coefficient (Wildman–Crippen LogP) is 2.06. The first-order valence-corrected chi connectivity index (χ1v) is 10.2. The molecule has 1 aliphatic rings. The summed E-state index contributed by atoms with van der Waals surface area (Å²) in [6, 6.07) is -2.61. The number of hydrogen-bond acceptors (Lipinski definition) is 7. The van der Waals surface area contributed by atoms with E-state index in [4.69, 9.17) is 14.2 Å². The topological polar surface area (TPSA) is 111 Å². The van der Waals surface area contributed by atoms with Gasteiger partial charge in [-0.2, -0.15) is 0 Å². The van der Waals surface area contributed by atoms with Crippen LogP contribution in [0.4, 0.5) is 4.79 Å². The van der Waals surface area contributed by atoms with Crippen molar-refractivity contribution in [3.05, 3.63) is 0 Å². The van der Waals surface area contributed by atoms with Crippen molar-refractivity contribution in [1.29, 1.82) is 0 Å². The van der Waals surface area contributed by atoms with E-state index in [1.165, 1.54) is 26.0 Å².